The molecule has 1 aliphatic heterocycles. The molecule has 3 rings (SSSR count). The number of carbonyl (C=O) groups is 2. The van der Waals surface area contributed by atoms with Gasteiger partial charge in [-0.05, 0) is 12.0 Å². The third-order valence-corrected chi connectivity index (χ3v) is 4.77. The molecule has 20 heavy (non-hydrogen) atoms. The Bertz CT molecular complexity index is 522. The minimum atomic E-state index is -0.930. The Morgan fingerprint density at radius 2 is 2.05 bits per heavy atom. The van der Waals surface area contributed by atoms with E-state index < -0.39 is 12.0 Å². The van der Waals surface area contributed by atoms with Crippen LogP contribution in [-0.4, -0.2) is 45.7 Å². The first kappa shape index (κ1) is 13.3. The smallest absolute Gasteiger partial charge is 0.327 e. The van der Waals surface area contributed by atoms with Crippen molar-refractivity contribution >= 4 is 23.8 Å². The van der Waals surface area contributed by atoms with E-state index in [1.165, 1.54) is 22.2 Å². The number of rotatable bonds is 3. The second-order valence-corrected chi connectivity index (χ2v) is 6.13. The predicted octanol–water partition coefficient (Wildman–Crippen LogP) is 1.71. The van der Waals surface area contributed by atoms with Crippen molar-refractivity contribution in [1.29, 1.82) is 0 Å². The summed E-state index contributed by atoms with van der Waals surface area (Å²) in [6.07, 6.45) is 0.925. The Hall–Kier alpha value is -1.69. The van der Waals surface area contributed by atoms with E-state index in [4.69, 9.17) is 5.11 Å². The number of hydrogen-bond acceptors (Lipinski definition) is 3. The quantitative estimate of drug-likeness (QED) is 0.890. The van der Waals surface area contributed by atoms with Crippen LogP contribution in [0, 0.1) is 0 Å². The minimum Gasteiger partial charge on any atom is -0.480 e. The molecule has 6 heteroatoms. The van der Waals surface area contributed by atoms with Crippen LogP contribution in [0.15, 0.2) is 30.3 Å². The molecule has 0 aromatic heterocycles. The van der Waals surface area contributed by atoms with Crippen LogP contribution in [0.3, 0.4) is 0 Å². The number of aliphatic carboxylic acids is 1. The lowest BCUT2D eigenvalue weighted by Crippen LogP contribution is -2.47. The van der Waals surface area contributed by atoms with Gasteiger partial charge in [-0.1, -0.05) is 30.3 Å². The summed E-state index contributed by atoms with van der Waals surface area (Å²) in [6, 6.07) is 9.24. The van der Waals surface area contributed by atoms with Gasteiger partial charge in [0, 0.05) is 17.7 Å². The summed E-state index contributed by atoms with van der Waals surface area (Å²) in [4.78, 5) is 24.6. The summed E-state index contributed by atoms with van der Waals surface area (Å²) < 4.78 is 0. The molecule has 2 N–H and O–H groups in total. The van der Waals surface area contributed by atoms with Gasteiger partial charge in [0.2, 0.25) is 0 Å². The van der Waals surface area contributed by atoms with E-state index in [1.54, 1.807) is 0 Å². The van der Waals surface area contributed by atoms with E-state index in [-0.39, 0.29) is 12.1 Å². The topological polar surface area (TPSA) is 69.6 Å². The lowest BCUT2D eigenvalue weighted by atomic mass is 10.1. The predicted molar refractivity (Wildman–Crippen MR) is 76.7 cm³/mol. The van der Waals surface area contributed by atoms with Crippen molar-refractivity contribution in [2.45, 2.75) is 24.4 Å². The van der Waals surface area contributed by atoms with Crippen molar-refractivity contribution in [3.8, 4) is 0 Å². The van der Waals surface area contributed by atoms with Gasteiger partial charge in [-0.3, -0.25) is 0 Å². The van der Waals surface area contributed by atoms with Gasteiger partial charge in [-0.15, -0.1) is 11.8 Å². The molecule has 1 aromatic carbocycles. The van der Waals surface area contributed by atoms with Crippen molar-refractivity contribution < 1.29 is 14.7 Å². The Labute approximate surface area is 121 Å². The molecule has 2 aliphatic rings. The number of thioether (sulfide) groups is 1. The zero-order valence-corrected chi connectivity index (χ0v) is 11.7. The molecule has 1 aliphatic carbocycles. The third kappa shape index (κ3) is 2.60. The van der Waals surface area contributed by atoms with Crippen molar-refractivity contribution in [1.82, 2.24) is 10.2 Å². The second kappa shape index (κ2) is 5.36. The van der Waals surface area contributed by atoms with Gasteiger partial charge in [0.25, 0.3) is 0 Å². The molecular weight excluding hydrogens is 276 g/mol. The first-order valence-corrected chi connectivity index (χ1v) is 7.75. The standard InChI is InChI=1S/C14H16N2O3S/c17-13(18)12-7-20-8-16(12)14(19)15-11-6-10(11)9-4-2-1-3-5-9/h1-5,10-12H,6-8H2,(H,15,19)(H,17,18). The van der Waals surface area contributed by atoms with Crippen LogP contribution in [0.5, 0.6) is 0 Å². The summed E-state index contributed by atoms with van der Waals surface area (Å²) in [5, 5.41) is 12.0. The second-order valence-electron chi connectivity index (χ2n) is 5.13. The van der Waals surface area contributed by atoms with Crippen molar-refractivity contribution in [2.24, 2.45) is 0 Å². The number of carboxylic acid groups (broad SMARTS) is 1. The summed E-state index contributed by atoms with van der Waals surface area (Å²) in [5.41, 5.74) is 1.23. The molecule has 1 saturated carbocycles. The molecule has 2 fully saturated rings. The van der Waals surface area contributed by atoms with Crippen LogP contribution in [0.1, 0.15) is 17.9 Å². The number of amides is 2. The van der Waals surface area contributed by atoms with Crippen LogP contribution in [0.4, 0.5) is 4.79 Å². The maximum Gasteiger partial charge on any atom is 0.327 e. The van der Waals surface area contributed by atoms with Gasteiger partial charge in [-0.25, -0.2) is 9.59 Å². The molecule has 0 radical (unpaired) electrons. The Kier molecular flexibility index (Phi) is 3.56. The molecule has 0 bridgehead atoms. The first-order valence-electron chi connectivity index (χ1n) is 6.59. The van der Waals surface area contributed by atoms with E-state index in [1.807, 2.05) is 18.2 Å². The molecule has 2 amide bonds. The number of nitrogens with zero attached hydrogens (tertiary/aromatic N) is 1. The van der Waals surface area contributed by atoms with E-state index in [0.29, 0.717) is 17.5 Å². The SMILES string of the molecule is O=C(O)C1CSCN1C(=O)NC1CC1c1ccccc1. The number of carboxylic acids is 1. The van der Waals surface area contributed by atoms with Gasteiger partial charge < -0.3 is 15.3 Å². The highest BCUT2D eigenvalue weighted by molar-refractivity contribution is 7.99. The van der Waals surface area contributed by atoms with E-state index >= 15 is 0 Å². The van der Waals surface area contributed by atoms with Gasteiger partial charge in [-0.2, -0.15) is 0 Å². The summed E-state index contributed by atoms with van der Waals surface area (Å²) >= 11 is 1.48. The van der Waals surface area contributed by atoms with Gasteiger partial charge in [0.1, 0.15) is 6.04 Å². The first-order chi connectivity index (χ1) is 9.66. The molecule has 1 saturated heterocycles. The number of urea groups is 1. The number of carbonyl (C=O) groups excluding carboxylic acids is 1. The fourth-order valence-corrected chi connectivity index (χ4v) is 3.66. The van der Waals surface area contributed by atoms with E-state index in [0.717, 1.165) is 6.42 Å². The highest BCUT2D eigenvalue weighted by Crippen LogP contribution is 2.40. The van der Waals surface area contributed by atoms with Crippen molar-refractivity contribution in [2.75, 3.05) is 11.6 Å². The minimum absolute atomic E-state index is 0.130. The monoisotopic (exact) mass is 292 g/mol. The Balaban J connectivity index is 1.57. The lowest BCUT2D eigenvalue weighted by molar-refractivity contribution is -0.140. The zero-order chi connectivity index (χ0) is 14.1. The number of nitrogens with one attached hydrogen (secondary N) is 1. The fourth-order valence-electron chi connectivity index (χ4n) is 2.51. The number of benzene rings is 1. The zero-order valence-electron chi connectivity index (χ0n) is 10.9. The molecule has 3 atom stereocenters. The fraction of sp³-hybridized carbons (Fsp3) is 0.429. The van der Waals surface area contributed by atoms with Crippen LogP contribution < -0.4 is 5.32 Å². The van der Waals surface area contributed by atoms with Gasteiger partial charge in [0.05, 0.1) is 5.88 Å². The van der Waals surface area contributed by atoms with Crippen LogP contribution >= 0.6 is 11.8 Å². The Morgan fingerprint density at radius 1 is 1.30 bits per heavy atom. The molecule has 106 valence electrons. The largest absolute Gasteiger partial charge is 0.480 e. The van der Waals surface area contributed by atoms with Crippen LogP contribution in [0.25, 0.3) is 0 Å². The van der Waals surface area contributed by atoms with Crippen LogP contribution in [-0.2, 0) is 4.79 Å². The van der Waals surface area contributed by atoms with Gasteiger partial charge >= 0.3 is 12.0 Å². The third-order valence-electron chi connectivity index (χ3n) is 3.76. The van der Waals surface area contributed by atoms with E-state index in [2.05, 4.69) is 17.4 Å². The summed E-state index contributed by atoms with van der Waals surface area (Å²) in [5.74, 6) is 0.348. The van der Waals surface area contributed by atoms with Gasteiger partial charge in [0.15, 0.2) is 0 Å². The average Bonchev–Trinajstić information content (AvgIpc) is 3.02. The molecule has 5 nitrogen and oxygen atoms in total. The molecule has 1 aromatic rings. The summed E-state index contributed by atoms with van der Waals surface area (Å²) in [6.45, 7) is 0. The normalized spacial score (nSPS) is 28.2. The average molecular weight is 292 g/mol. The molecule has 0 spiro atoms. The van der Waals surface area contributed by atoms with E-state index in [9.17, 15) is 9.59 Å². The maximum atomic E-state index is 12.1. The molecule has 1 heterocycles. The maximum absolute atomic E-state index is 12.1. The highest BCUT2D eigenvalue weighted by atomic mass is 32.2. The van der Waals surface area contributed by atoms with Crippen molar-refractivity contribution in [3.63, 3.8) is 0 Å². The lowest BCUT2D eigenvalue weighted by Gasteiger charge is -2.21. The Morgan fingerprint density at radius 3 is 2.75 bits per heavy atom. The number of hydrogen-bond donors (Lipinski definition) is 2. The van der Waals surface area contributed by atoms with Crippen molar-refractivity contribution in [3.05, 3.63) is 35.9 Å². The van der Waals surface area contributed by atoms with Crippen LogP contribution in [0.2, 0.25) is 0 Å². The highest BCUT2D eigenvalue weighted by Gasteiger charge is 2.42. The molecular formula is C14H16N2O3S. The summed E-state index contributed by atoms with van der Waals surface area (Å²) in [7, 11) is 0. The molecule has 3 unspecified atom stereocenters.